The zero-order valence-corrected chi connectivity index (χ0v) is 19.7. The lowest BCUT2D eigenvalue weighted by Gasteiger charge is -2.29. The second-order valence-electron chi connectivity index (χ2n) is 8.26. The number of carbonyl (C=O) groups is 2. The number of amides is 2. The molecule has 0 radical (unpaired) electrons. The number of hydrogen-bond acceptors (Lipinski definition) is 3. The van der Waals surface area contributed by atoms with Gasteiger partial charge in [0, 0.05) is 13.1 Å². The Morgan fingerprint density at radius 1 is 1.06 bits per heavy atom. The van der Waals surface area contributed by atoms with Crippen molar-refractivity contribution in [2.45, 2.75) is 67.0 Å². The molecular weight excluding hydrogens is 388 g/mol. The van der Waals surface area contributed by atoms with E-state index in [9.17, 15) is 9.59 Å². The quantitative estimate of drug-likeness (QED) is 0.566. The molecule has 0 saturated carbocycles. The number of hydrogen-bond donors (Lipinski definition) is 1. The Bertz CT molecular complexity index is 908. The van der Waals surface area contributed by atoms with Crippen molar-refractivity contribution in [3.05, 3.63) is 64.2 Å². The number of aryl methyl sites for hydroxylation is 3. The summed E-state index contributed by atoms with van der Waals surface area (Å²) in [5, 5.41) is 2.94. The fourth-order valence-electron chi connectivity index (χ4n) is 3.46. The predicted octanol–water partition coefficient (Wildman–Crippen LogP) is 4.63. The van der Waals surface area contributed by atoms with E-state index in [-0.39, 0.29) is 18.4 Å². The molecule has 0 fully saturated rings. The Hall–Kier alpha value is -2.82. The van der Waals surface area contributed by atoms with Crippen molar-refractivity contribution in [2.24, 2.45) is 0 Å². The van der Waals surface area contributed by atoms with Crippen LogP contribution in [0.5, 0.6) is 5.75 Å². The SMILES string of the molecule is CCCCNC(=O)[C@@H](C)N(Cc1ccccc1C)C(=O)COc1cc(C)cc(C)c1C. The number of nitrogens with zero attached hydrogens (tertiary/aromatic N) is 1. The molecule has 2 aromatic rings. The standard InChI is InChI=1S/C26H36N2O3/c1-7-8-13-27-26(30)22(6)28(16-23-12-10-9-11-19(23)3)25(29)17-31-24-15-18(2)14-20(4)21(24)5/h9-12,14-15,22H,7-8,13,16-17H2,1-6H3,(H,27,30)/t22-/m1/s1. The first-order valence-corrected chi connectivity index (χ1v) is 11.1. The molecule has 0 saturated heterocycles. The van der Waals surface area contributed by atoms with Crippen molar-refractivity contribution in [1.82, 2.24) is 10.2 Å². The van der Waals surface area contributed by atoms with E-state index in [0.29, 0.717) is 18.8 Å². The summed E-state index contributed by atoms with van der Waals surface area (Å²) in [7, 11) is 0. The van der Waals surface area contributed by atoms with Gasteiger partial charge >= 0.3 is 0 Å². The van der Waals surface area contributed by atoms with Gasteiger partial charge in [-0.25, -0.2) is 0 Å². The number of benzene rings is 2. The Morgan fingerprint density at radius 2 is 1.77 bits per heavy atom. The van der Waals surface area contributed by atoms with Crippen molar-refractivity contribution in [2.75, 3.05) is 13.2 Å². The summed E-state index contributed by atoms with van der Waals surface area (Å²) in [6, 6.07) is 11.4. The Kier molecular flexibility index (Phi) is 9.10. The number of ether oxygens (including phenoxy) is 1. The van der Waals surface area contributed by atoms with Crippen LogP contribution >= 0.6 is 0 Å². The highest BCUT2D eigenvalue weighted by atomic mass is 16.5. The van der Waals surface area contributed by atoms with E-state index in [0.717, 1.165) is 40.7 Å². The molecule has 31 heavy (non-hydrogen) atoms. The third-order valence-electron chi connectivity index (χ3n) is 5.71. The Labute approximate surface area is 186 Å². The van der Waals surface area contributed by atoms with Gasteiger partial charge < -0.3 is 15.0 Å². The van der Waals surface area contributed by atoms with Gasteiger partial charge in [-0.05, 0) is 74.9 Å². The fourth-order valence-corrected chi connectivity index (χ4v) is 3.46. The molecule has 1 N–H and O–H groups in total. The van der Waals surface area contributed by atoms with Gasteiger partial charge in [0.2, 0.25) is 5.91 Å². The fraction of sp³-hybridized carbons (Fsp3) is 0.462. The van der Waals surface area contributed by atoms with E-state index >= 15 is 0 Å². The molecule has 0 aromatic heterocycles. The molecule has 5 nitrogen and oxygen atoms in total. The van der Waals surface area contributed by atoms with E-state index in [1.54, 1.807) is 11.8 Å². The highest BCUT2D eigenvalue weighted by molar-refractivity contribution is 5.88. The van der Waals surface area contributed by atoms with Gasteiger partial charge in [0.05, 0.1) is 0 Å². The van der Waals surface area contributed by atoms with Crippen LogP contribution in [-0.4, -0.2) is 35.9 Å². The van der Waals surface area contributed by atoms with Crippen LogP contribution in [0, 0.1) is 27.7 Å². The predicted molar refractivity (Wildman–Crippen MR) is 125 cm³/mol. The highest BCUT2D eigenvalue weighted by Crippen LogP contribution is 2.23. The normalized spacial score (nSPS) is 11.7. The lowest BCUT2D eigenvalue weighted by atomic mass is 10.1. The largest absolute Gasteiger partial charge is 0.483 e. The molecule has 2 rings (SSSR count). The average Bonchev–Trinajstić information content (AvgIpc) is 2.74. The maximum absolute atomic E-state index is 13.2. The summed E-state index contributed by atoms with van der Waals surface area (Å²) < 4.78 is 5.91. The van der Waals surface area contributed by atoms with Crippen LogP contribution in [0.2, 0.25) is 0 Å². The first-order chi connectivity index (χ1) is 14.7. The van der Waals surface area contributed by atoms with Crippen LogP contribution in [0.15, 0.2) is 36.4 Å². The van der Waals surface area contributed by atoms with Gasteiger partial charge in [-0.2, -0.15) is 0 Å². The highest BCUT2D eigenvalue weighted by Gasteiger charge is 2.27. The van der Waals surface area contributed by atoms with E-state index in [1.165, 1.54) is 0 Å². The molecule has 0 aliphatic heterocycles. The molecule has 0 heterocycles. The lowest BCUT2D eigenvalue weighted by molar-refractivity contribution is -0.142. The van der Waals surface area contributed by atoms with Gasteiger partial charge in [-0.15, -0.1) is 0 Å². The minimum absolute atomic E-state index is 0.109. The zero-order chi connectivity index (χ0) is 23.0. The molecule has 0 aliphatic rings. The van der Waals surface area contributed by atoms with Crippen LogP contribution in [0.4, 0.5) is 0 Å². The lowest BCUT2D eigenvalue weighted by Crippen LogP contribution is -2.49. The minimum Gasteiger partial charge on any atom is -0.483 e. The molecule has 0 aliphatic carbocycles. The van der Waals surface area contributed by atoms with Crippen molar-refractivity contribution in [3.8, 4) is 5.75 Å². The van der Waals surface area contributed by atoms with Crippen LogP contribution in [0.3, 0.4) is 0 Å². The van der Waals surface area contributed by atoms with Crippen LogP contribution in [-0.2, 0) is 16.1 Å². The van der Waals surface area contributed by atoms with Crippen LogP contribution < -0.4 is 10.1 Å². The number of nitrogens with one attached hydrogen (secondary N) is 1. The van der Waals surface area contributed by atoms with Crippen molar-refractivity contribution < 1.29 is 14.3 Å². The summed E-state index contributed by atoms with van der Waals surface area (Å²) in [6.45, 7) is 12.8. The average molecular weight is 425 g/mol. The molecule has 2 amide bonds. The van der Waals surface area contributed by atoms with Crippen LogP contribution in [0.1, 0.15) is 54.5 Å². The topological polar surface area (TPSA) is 58.6 Å². The van der Waals surface area contributed by atoms with Gasteiger partial charge in [-0.3, -0.25) is 9.59 Å². The molecule has 168 valence electrons. The molecule has 0 unspecified atom stereocenters. The van der Waals surface area contributed by atoms with Crippen molar-refractivity contribution in [1.29, 1.82) is 0 Å². The van der Waals surface area contributed by atoms with Crippen molar-refractivity contribution >= 4 is 11.8 Å². The van der Waals surface area contributed by atoms with E-state index in [2.05, 4.69) is 18.3 Å². The second-order valence-corrected chi connectivity index (χ2v) is 8.26. The third-order valence-corrected chi connectivity index (χ3v) is 5.71. The Balaban J connectivity index is 2.19. The van der Waals surface area contributed by atoms with Gasteiger partial charge in [0.1, 0.15) is 11.8 Å². The summed E-state index contributed by atoms with van der Waals surface area (Å²) in [5.74, 6) is 0.361. The second kappa shape index (κ2) is 11.5. The van der Waals surface area contributed by atoms with E-state index in [1.807, 2.05) is 58.0 Å². The maximum atomic E-state index is 13.2. The minimum atomic E-state index is -0.590. The molecule has 0 spiro atoms. The first-order valence-electron chi connectivity index (χ1n) is 11.1. The molecule has 2 aromatic carbocycles. The van der Waals surface area contributed by atoms with Crippen molar-refractivity contribution in [3.63, 3.8) is 0 Å². The van der Waals surface area contributed by atoms with Gasteiger partial charge in [-0.1, -0.05) is 43.7 Å². The van der Waals surface area contributed by atoms with Gasteiger partial charge in [0.15, 0.2) is 6.61 Å². The first kappa shape index (κ1) is 24.4. The number of carbonyl (C=O) groups excluding carboxylic acids is 2. The third kappa shape index (κ3) is 6.84. The zero-order valence-electron chi connectivity index (χ0n) is 19.7. The number of rotatable bonds is 10. The monoisotopic (exact) mass is 424 g/mol. The molecule has 1 atom stereocenters. The van der Waals surface area contributed by atoms with Gasteiger partial charge in [0.25, 0.3) is 5.91 Å². The summed E-state index contributed by atoms with van der Waals surface area (Å²) in [5.41, 5.74) is 5.35. The molecule has 0 bridgehead atoms. The maximum Gasteiger partial charge on any atom is 0.261 e. The van der Waals surface area contributed by atoms with E-state index in [4.69, 9.17) is 4.74 Å². The molecular formula is C26H36N2O3. The molecule has 5 heteroatoms. The van der Waals surface area contributed by atoms with E-state index < -0.39 is 6.04 Å². The smallest absolute Gasteiger partial charge is 0.261 e. The Morgan fingerprint density at radius 3 is 2.45 bits per heavy atom. The summed E-state index contributed by atoms with van der Waals surface area (Å²) in [6.07, 6.45) is 1.92. The summed E-state index contributed by atoms with van der Waals surface area (Å²) in [4.78, 5) is 27.5. The number of unbranched alkanes of at least 4 members (excludes halogenated alkanes) is 1. The van der Waals surface area contributed by atoms with Crippen LogP contribution in [0.25, 0.3) is 0 Å². The summed E-state index contributed by atoms with van der Waals surface area (Å²) >= 11 is 0.